The Bertz CT molecular complexity index is 816. The predicted molar refractivity (Wildman–Crippen MR) is 106 cm³/mol. The SMILES string of the molecule is CNc1nccc(N2CCC(C(=O)N3N=CCC3c3ccccc3)CC2)n1. The first-order valence-corrected chi connectivity index (χ1v) is 9.42. The van der Waals surface area contributed by atoms with E-state index in [4.69, 9.17) is 0 Å². The number of aromatic nitrogens is 2. The predicted octanol–water partition coefficient (Wildman–Crippen LogP) is 2.69. The average Bonchev–Trinajstić information content (AvgIpc) is 3.24. The number of carbonyl (C=O) groups excluding carboxylic acids is 1. The molecule has 27 heavy (non-hydrogen) atoms. The van der Waals surface area contributed by atoms with Crippen LogP contribution in [-0.4, -0.2) is 47.2 Å². The number of hydrogen-bond donors (Lipinski definition) is 1. The maximum atomic E-state index is 13.1. The van der Waals surface area contributed by atoms with Crippen LogP contribution in [0.2, 0.25) is 0 Å². The Hall–Kier alpha value is -2.96. The molecule has 7 heteroatoms. The van der Waals surface area contributed by atoms with E-state index in [9.17, 15) is 4.79 Å². The highest BCUT2D eigenvalue weighted by Gasteiger charge is 2.34. The summed E-state index contributed by atoms with van der Waals surface area (Å²) in [4.78, 5) is 24.0. The van der Waals surface area contributed by atoms with Gasteiger partial charge < -0.3 is 10.2 Å². The van der Waals surface area contributed by atoms with Gasteiger partial charge in [-0.2, -0.15) is 10.1 Å². The van der Waals surface area contributed by atoms with E-state index < -0.39 is 0 Å². The average molecular weight is 364 g/mol. The quantitative estimate of drug-likeness (QED) is 0.903. The summed E-state index contributed by atoms with van der Waals surface area (Å²) < 4.78 is 0. The largest absolute Gasteiger partial charge is 0.357 e. The molecule has 1 aromatic heterocycles. The molecule has 3 heterocycles. The number of hydrogen-bond acceptors (Lipinski definition) is 6. The highest BCUT2D eigenvalue weighted by atomic mass is 16.2. The van der Waals surface area contributed by atoms with Crippen molar-refractivity contribution in [2.75, 3.05) is 30.4 Å². The summed E-state index contributed by atoms with van der Waals surface area (Å²) in [6, 6.07) is 12.1. The van der Waals surface area contributed by atoms with Gasteiger partial charge in [0, 0.05) is 44.9 Å². The van der Waals surface area contributed by atoms with Crippen molar-refractivity contribution in [3.8, 4) is 0 Å². The van der Waals surface area contributed by atoms with Crippen LogP contribution in [0.4, 0.5) is 11.8 Å². The van der Waals surface area contributed by atoms with Crippen molar-refractivity contribution in [2.24, 2.45) is 11.0 Å². The van der Waals surface area contributed by atoms with E-state index in [0.717, 1.165) is 43.7 Å². The third kappa shape index (κ3) is 3.63. The fourth-order valence-corrected chi connectivity index (χ4v) is 3.77. The molecule has 1 atom stereocenters. The monoisotopic (exact) mass is 364 g/mol. The van der Waals surface area contributed by atoms with Crippen molar-refractivity contribution in [1.29, 1.82) is 0 Å². The summed E-state index contributed by atoms with van der Waals surface area (Å²) in [5.41, 5.74) is 1.14. The number of hydrazone groups is 1. The number of nitrogens with zero attached hydrogens (tertiary/aromatic N) is 5. The molecule has 7 nitrogen and oxygen atoms in total. The topological polar surface area (TPSA) is 73.7 Å². The third-order valence-electron chi connectivity index (χ3n) is 5.27. The standard InChI is InChI=1S/C20H24N6O/c1-21-20-22-11-8-18(24-20)25-13-9-16(10-14-25)19(27)26-17(7-12-23-26)15-5-3-2-4-6-15/h2-6,8,11-12,16-17H,7,9-10,13-14H2,1H3,(H,21,22,24). The van der Waals surface area contributed by atoms with Gasteiger partial charge >= 0.3 is 0 Å². The van der Waals surface area contributed by atoms with Crippen LogP contribution in [0.1, 0.15) is 30.9 Å². The van der Waals surface area contributed by atoms with E-state index in [1.54, 1.807) is 11.2 Å². The van der Waals surface area contributed by atoms with Crippen LogP contribution in [0.5, 0.6) is 0 Å². The molecule has 0 radical (unpaired) electrons. The minimum Gasteiger partial charge on any atom is -0.357 e. The van der Waals surface area contributed by atoms with Crippen LogP contribution in [0.25, 0.3) is 0 Å². The highest BCUT2D eigenvalue weighted by molar-refractivity contribution is 5.82. The van der Waals surface area contributed by atoms with Gasteiger partial charge in [-0.3, -0.25) is 4.79 Å². The molecule has 2 aliphatic rings. The van der Waals surface area contributed by atoms with Gasteiger partial charge in [-0.1, -0.05) is 30.3 Å². The molecule has 2 aliphatic heterocycles. The molecule has 1 fully saturated rings. The number of piperidine rings is 1. The van der Waals surface area contributed by atoms with Crippen LogP contribution in [-0.2, 0) is 4.79 Å². The fourth-order valence-electron chi connectivity index (χ4n) is 3.77. The summed E-state index contributed by atoms with van der Waals surface area (Å²) >= 11 is 0. The molecule has 0 bridgehead atoms. The Balaban J connectivity index is 1.40. The first-order valence-electron chi connectivity index (χ1n) is 9.42. The second-order valence-corrected chi connectivity index (χ2v) is 6.89. The van der Waals surface area contributed by atoms with E-state index in [2.05, 4.69) is 37.4 Å². The van der Waals surface area contributed by atoms with Crippen molar-refractivity contribution in [2.45, 2.75) is 25.3 Å². The Morgan fingerprint density at radius 3 is 2.67 bits per heavy atom. The number of anilines is 2. The molecule has 0 spiro atoms. The Labute approximate surface area is 159 Å². The first kappa shape index (κ1) is 17.5. The summed E-state index contributed by atoms with van der Waals surface area (Å²) in [7, 11) is 1.81. The minimum absolute atomic E-state index is 0.00770. The van der Waals surface area contributed by atoms with Gasteiger partial charge in [-0.25, -0.2) is 9.99 Å². The molecule has 4 rings (SSSR count). The van der Waals surface area contributed by atoms with E-state index in [0.29, 0.717) is 5.95 Å². The van der Waals surface area contributed by atoms with Gasteiger partial charge in [-0.15, -0.1) is 0 Å². The zero-order chi connectivity index (χ0) is 18.6. The smallest absolute Gasteiger partial charge is 0.246 e. The summed E-state index contributed by atoms with van der Waals surface area (Å²) in [5, 5.41) is 9.04. The zero-order valence-corrected chi connectivity index (χ0v) is 15.5. The normalized spacial score (nSPS) is 20.1. The van der Waals surface area contributed by atoms with Gasteiger partial charge in [0.15, 0.2) is 0 Å². The molecule has 1 aromatic carbocycles. The molecule has 1 amide bonds. The van der Waals surface area contributed by atoms with Gasteiger partial charge in [0.1, 0.15) is 5.82 Å². The molecule has 1 saturated heterocycles. The Morgan fingerprint density at radius 1 is 1.15 bits per heavy atom. The van der Waals surface area contributed by atoms with Crippen LogP contribution in [0.15, 0.2) is 47.7 Å². The van der Waals surface area contributed by atoms with Crippen LogP contribution in [0.3, 0.4) is 0 Å². The fraction of sp³-hybridized carbons (Fsp3) is 0.400. The zero-order valence-electron chi connectivity index (χ0n) is 15.5. The maximum absolute atomic E-state index is 13.1. The molecule has 1 unspecified atom stereocenters. The van der Waals surface area contributed by atoms with Gasteiger partial charge in [0.05, 0.1) is 6.04 Å². The lowest BCUT2D eigenvalue weighted by Gasteiger charge is -2.34. The van der Waals surface area contributed by atoms with Crippen molar-refractivity contribution >= 4 is 23.9 Å². The molecule has 0 saturated carbocycles. The maximum Gasteiger partial charge on any atom is 0.246 e. The number of benzene rings is 1. The van der Waals surface area contributed by atoms with Gasteiger partial charge in [0.25, 0.3) is 0 Å². The molecule has 140 valence electrons. The number of carbonyl (C=O) groups is 1. The molecule has 0 aliphatic carbocycles. The van der Waals surface area contributed by atoms with E-state index in [1.807, 2.05) is 37.5 Å². The Morgan fingerprint density at radius 2 is 1.93 bits per heavy atom. The van der Waals surface area contributed by atoms with Crippen LogP contribution >= 0.6 is 0 Å². The van der Waals surface area contributed by atoms with Crippen molar-refractivity contribution in [3.05, 3.63) is 48.2 Å². The number of amides is 1. The molecule has 2 aromatic rings. The number of nitrogens with one attached hydrogen (secondary N) is 1. The lowest BCUT2D eigenvalue weighted by Crippen LogP contribution is -2.41. The van der Waals surface area contributed by atoms with Crippen LogP contribution < -0.4 is 10.2 Å². The van der Waals surface area contributed by atoms with E-state index >= 15 is 0 Å². The van der Waals surface area contributed by atoms with Crippen molar-refractivity contribution in [3.63, 3.8) is 0 Å². The molecule has 1 N–H and O–H groups in total. The summed E-state index contributed by atoms with van der Waals surface area (Å²) in [6.07, 6.45) is 6.01. The first-order chi connectivity index (χ1) is 13.3. The lowest BCUT2D eigenvalue weighted by atomic mass is 9.94. The molecular weight excluding hydrogens is 340 g/mol. The van der Waals surface area contributed by atoms with E-state index in [1.165, 1.54) is 0 Å². The summed E-state index contributed by atoms with van der Waals surface area (Å²) in [6.45, 7) is 1.62. The highest BCUT2D eigenvalue weighted by Crippen LogP contribution is 2.32. The van der Waals surface area contributed by atoms with Gasteiger partial charge in [-0.05, 0) is 24.5 Å². The second-order valence-electron chi connectivity index (χ2n) is 6.89. The molecular formula is C20H24N6O. The van der Waals surface area contributed by atoms with Crippen LogP contribution in [0, 0.1) is 5.92 Å². The van der Waals surface area contributed by atoms with E-state index in [-0.39, 0.29) is 17.9 Å². The summed E-state index contributed by atoms with van der Waals surface area (Å²) in [5.74, 6) is 1.66. The minimum atomic E-state index is 0.00770. The Kier molecular flexibility index (Phi) is 5.00. The van der Waals surface area contributed by atoms with Gasteiger partial charge in [0.2, 0.25) is 11.9 Å². The van der Waals surface area contributed by atoms with Crippen molar-refractivity contribution in [1.82, 2.24) is 15.0 Å². The lowest BCUT2D eigenvalue weighted by molar-refractivity contribution is -0.138. The van der Waals surface area contributed by atoms with Crippen molar-refractivity contribution < 1.29 is 4.79 Å². The number of rotatable bonds is 4. The third-order valence-corrected chi connectivity index (χ3v) is 5.27. The second kappa shape index (κ2) is 7.73.